The second kappa shape index (κ2) is 4.46. The van der Waals surface area contributed by atoms with E-state index in [2.05, 4.69) is 15.6 Å². The van der Waals surface area contributed by atoms with Crippen molar-refractivity contribution >= 4 is 5.95 Å². The molecule has 0 amide bonds. The van der Waals surface area contributed by atoms with E-state index in [0.29, 0.717) is 6.04 Å². The van der Waals surface area contributed by atoms with Gasteiger partial charge >= 0.3 is 0 Å². The van der Waals surface area contributed by atoms with E-state index in [1.165, 1.54) is 25.8 Å². The van der Waals surface area contributed by atoms with Crippen LogP contribution in [-0.4, -0.2) is 28.7 Å². The zero-order chi connectivity index (χ0) is 9.80. The van der Waals surface area contributed by atoms with Crippen molar-refractivity contribution in [3.8, 4) is 0 Å². The molecule has 0 saturated carbocycles. The lowest BCUT2D eigenvalue weighted by Crippen LogP contribution is -2.24. The quantitative estimate of drug-likeness (QED) is 0.750. The highest BCUT2D eigenvalue weighted by molar-refractivity contribution is 5.24. The third-order valence-corrected chi connectivity index (χ3v) is 2.76. The summed E-state index contributed by atoms with van der Waals surface area (Å²) in [4.78, 5) is 4.21. The van der Waals surface area contributed by atoms with E-state index in [-0.39, 0.29) is 0 Å². The van der Waals surface area contributed by atoms with Crippen molar-refractivity contribution in [1.29, 1.82) is 0 Å². The molecule has 1 aliphatic rings. The second-order valence-electron chi connectivity index (χ2n) is 3.87. The molecule has 14 heavy (non-hydrogen) atoms. The Morgan fingerprint density at radius 3 is 3.29 bits per heavy atom. The monoisotopic (exact) mass is 194 g/mol. The Balaban J connectivity index is 1.70. The van der Waals surface area contributed by atoms with E-state index < -0.39 is 0 Å². The molecule has 1 aliphatic heterocycles. The fraction of sp³-hybridized carbons (Fsp3) is 0.700. The lowest BCUT2D eigenvalue weighted by molar-refractivity contribution is 0.573. The number of rotatable bonds is 4. The highest BCUT2D eigenvalue weighted by atomic mass is 15.2. The second-order valence-corrected chi connectivity index (χ2v) is 3.87. The first-order valence-electron chi connectivity index (χ1n) is 5.31. The largest absolute Gasteiger partial charge is 0.356 e. The van der Waals surface area contributed by atoms with Crippen LogP contribution >= 0.6 is 0 Å². The Bertz CT molecular complexity index is 275. The fourth-order valence-electron chi connectivity index (χ4n) is 1.90. The molecule has 0 aromatic carbocycles. The summed E-state index contributed by atoms with van der Waals surface area (Å²) in [6.07, 6.45) is 7.61. The number of hydrogen-bond acceptors (Lipinski definition) is 3. The molecule has 0 radical (unpaired) electrons. The molecule has 1 atom stereocenters. The van der Waals surface area contributed by atoms with Crippen LogP contribution in [0, 0.1) is 0 Å². The maximum atomic E-state index is 4.21. The van der Waals surface area contributed by atoms with Gasteiger partial charge in [0.2, 0.25) is 5.95 Å². The van der Waals surface area contributed by atoms with Crippen molar-refractivity contribution in [3.63, 3.8) is 0 Å². The number of hydrogen-bond donors (Lipinski definition) is 2. The van der Waals surface area contributed by atoms with Crippen LogP contribution in [0.1, 0.15) is 19.3 Å². The third-order valence-electron chi connectivity index (χ3n) is 2.76. The summed E-state index contributed by atoms with van der Waals surface area (Å²) in [6, 6.07) is 0.711. The zero-order valence-electron chi connectivity index (χ0n) is 8.66. The highest BCUT2D eigenvalue weighted by Gasteiger charge is 2.12. The molecule has 0 unspecified atom stereocenters. The standard InChI is InChI=1S/C10H18N4/c1-14-8-7-13-10(14)12-6-4-9-3-2-5-11-9/h7-9,11H,2-6H2,1H3,(H,12,13)/t9-/m0/s1. The number of nitrogens with zero attached hydrogens (tertiary/aromatic N) is 2. The minimum absolute atomic E-state index is 0.711. The first-order valence-corrected chi connectivity index (χ1v) is 5.31. The number of nitrogens with one attached hydrogen (secondary N) is 2. The topological polar surface area (TPSA) is 41.9 Å². The Morgan fingerprint density at radius 1 is 1.71 bits per heavy atom. The summed E-state index contributed by atoms with van der Waals surface area (Å²) in [5.74, 6) is 0.961. The third kappa shape index (κ3) is 2.26. The molecule has 78 valence electrons. The van der Waals surface area contributed by atoms with Crippen LogP contribution in [0.2, 0.25) is 0 Å². The van der Waals surface area contributed by atoms with Gasteiger partial charge in [0.05, 0.1) is 0 Å². The van der Waals surface area contributed by atoms with Crippen molar-refractivity contribution in [2.75, 3.05) is 18.4 Å². The summed E-state index contributed by atoms with van der Waals surface area (Å²) in [6.45, 7) is 2.19. The van der Waals surface area contributed by atoms with E-state index in [1.54, 1.807) is 0 Å². The minimum Gasteiger partial charge on any atom is -0.356 e. The van der Waals surface area contributed by atoms with E-state index in [0.717, 1.165) is 12.5 Å². The average Bonchev–Trinajstić information content (AvgIpc) is 2.78. The SMILES string of the molecule is Cn1ccnc1NCC[C@@H]1CCCN1. The van der Waals surface area contributed by atoms with Gasteiger partial charge in [-0.05, 0) is 25.8 Å². The summed E-state index contributed by atoms with van der Waals surface area (Å²) < 4.78 is 2.00. The van der Waals surface area contributed by atoms with Crippen LogP contribution in [0.15, 0.2) is 12.4 Å². The van der Waals surface area contributed by atoms with Gasteiger partial charge in [0.15, 0.2) is 0 Å². The van der Waals surface area contributed by atoms with Gasteiger partial charge in [0.1, 0.15) is 0 Å². The Labute approximate surface area is 84.7 Å². The van der Waals surface area contributed by atoms with Gasteiger partial charge in [0, 0.05) is 32.0 Å². The Kier molecular flexibility index (Phi) is 3.03. The van der Waals surface area contributed by atoms with Crippen LogP contribution in [0.25, 0.3) is 0 Å². The fourth-order valence-corrected chi connectivity index (χ4v) is 1.90. The van der Waals surface area contributed by atoms with Crippen molar-refractivity contribution < 1.29 is 0 Å². The van der Waals surface area contributed by atoms with Gasteiger partial charge in [-0.1, -0.05) is 0 Å². The predicted octanol–water partition coefficient (Wildman–Crippen LogP) is 0.974. The number of aromatic nitrogens is 2. The first kappa shape index (κ1) is 9.52. The molecule has 2 rings (SSSR count). The molecule has 0 aliphatic carbocycles. The van der Waals surface area contributed by atoms with Gasteiger partial charge in [-0.25, -0.2) is 4.98 Å². The van der Waals surface area contributed by atoms with Gasteiger partial charge in [-0.15, -0.1) is 0 Å². The smallest absolute Gasteiger partial charge is 0.202 e. The first-order chi connectivity index (χ1) is 6.86. The van der Waals surface area contributed by atoms with Crippen molar-refractivity contribution in [1.82, 2.24) is 14.9 Å². The molecule has 1 saturated heterocycles. The van der Waals surface area contributed by atoms with Gasteiger partial charge in [0.25, 0.3) is 0 Å². The summed E-state index contributed by atoms with van der Waals surface area (Å²) in [7, 11) is 2.00. The maximum absolute atomic E-state index is 4.21. The van der Waals surface area contributed by atoms with Crippen LogP contribution in [-0.2, 0) is 7.05 Å². The molecular weight excluding hydrogens is 176 g/mol. The lowest BCUT2D eigenvalue weighted by atomic mass is 10.1. The van der Waals surface area contributed by atoms with Gasteiger partial charge in [-0.2, -0.15) is 0 Å². The summed E-state index contributed by atoms with van der Waals surface area (Å²) >= 11 is 0. The lowest BCUT2D eigenvalue weighted by Gasteiger charge is -2.10. The van der Waals surface area contributed by atoms with Crippen molar-refractivity contribution in [2.45, 2.75) is 25.3 Å². The number of anilines is 1. The predicted molar refractivity (Wildman–Crippen MR) is 57.3 cm³/mol. The van der Waals surface area contributed by atoms with Crippen LogP contribution in [0.5, 0.6) is 0 Å². The Morgan fingerprint density at radius 2 is 2.64 bits per heavy atom. The van der Waals surface area contributed by atoms with E-state index in [4.69, 9.17) is 0 Å². The molecule has 2 N–H and O–H groups in total. The van der Waals surface area contributed by atoms with Crippen LogP contribution in [0.4, 0.5) is 5.95 Å². The Hall–Kier alpha value is -1.03. The molecule has 0 spiro atoms. The molecule has 2 heterocycles. The van der Waals surface area contributed by atoms with E-state index >= 15 is 0 Å². The van der Waals surface area contributed by atoms with Crippen molar-refractivity contribution in [3.05, 3.63) is 12.4 Å². The molecule has 4 heteroatoms. The molecule has 0 bridgehead atoms. The normalized spacial score (nSPS) is 21.4. The minimum atomic E-state index is 0.711. The summed E-state index contributed by atoms with van der Waals surface area (Å²) in [5, 5.41) is 6.82. The van der Waals surface area contributed by atoms with Crippen LogP contribution in [0.3, 0.4) is 0 Å². The van der Waals surface area contributed by atoms with E-state index in [1.807, 2.05) is 24.0 Å². The maximum Gasteiger partial charge on any atom is 0.202 e. The summed E-state index contributed by atoms with van der Waals surface area (Å²) in [5.41, 5.74) is 0. The molecule has 1 fully saturated rings. The highest BCUT2D eigenvalue weighted by Crippen LogP contribution is 2.09. The van der Waals surface area contributed by atoms with Crippen molar-refractivity contribution in [2.24, 2.45) is 7.05 Å². The molecule has 4 nitrogen and oxygen atoms in total. The van der Waals surface area contributed by atoms with Gasteiger partial charge < -0.3 is 15.2 Å². The van der Waals surface area contributed by atoms with E-state index in [9.17, 15) is 0 Å². The van der Waals surface area contributed by atoms with Crippen LogP contribution < -0.4 is 10.6 Å². The zero-order valence-corrected chi connectivity index (χ0v) is 8.66. The number of aryl methyl sites for hydroxylation is 1. The van der Waals surface area contributed by atoms with Gasteiger partial charge in [-0.3, -0.25) is 0 Å². The number of imidazole rings is 1. The molecular formula is C10H18N4. The molecule has 1 aromatic heterocycles. The average molecular weight is 194 g/mol. The molecule has 1 aromatic rings.